The molecular formula is C28H50O11. The number of hydrogen-bond acceptors (Lipinski definition) is 11. The van der Waals surface area contributed by atoms with E-state index in [1.54, 1.807) is 41.5 Å². The van der Waals surface area contributed by atoms with Gasteiger partial charge in [0.05, 0.1) is 41.5 Å². The highest BCUT2D eigenvalue weighted by Gasteiger charge is 2.49. The fourth-order valence-corrected chi connectivity index (χ4v) is 6.10. The van der Waals surface area contributed by atoms with Crippen LogP contribution in [0, 0.1) is 29.6 Å². The van der Waals surface area contributed by atoms with E-state index in [1.165, 1.54) is 13.8 Å². The zero-order valence-corrected chi connectivity index (χ0v) is 24.5. The number of hydrogen-bond donors (Lipinski definition) is 6. The van der Waals surface area contributed by atoms with Gasteiger partial charge in [0.25, 0.3) is 0 Å². The molecule has 0 aromatic rings. The molecule has 0 radical (unpaired) electrons. The van der Waals surface area contributed by atoms with Crippen molar-refractivity contribution in [2.24, 2.45) is 29.6 Å². The molecule has 14 atom stereocenters. The fourth-order valence-electron chi connectivity index (χ4n) is 6.10. The Balaban J connectivity index is 2.50. The number of esters is 1. The summed E-state index contributed by atoms with van der Waals surface area (Å²) in [6.45, 7) is 12.1. The van der Waals surface area contributed by atoms with Gasteiger partial charge in [-0.2, -0.15) is 0 Å². The minimum atomic E-state index is -1.76. The Morgan fingerprint density at radius 1 is 0.872 bits per heavy atom. The van der Waals surface area contributed by atoms with E-state index in [1.807, 2.05) is 0 Å². The fraction of sp³-hybridized carbons (Fsp3) is 0.929. The van der Waals surface area contributed by atoms with Gasteiger partial charge in [0.1, 0.15) is 18.0 Å². The first-order valence-corrected chi connectivity index (χ1v) is 14.0. The molecule has 0 aromatic heterocycles. The molecule has 0 unspecified atom stereocenters. The maximum atomic E-state index is 13.4. The van der Waals surface area contributed by atoms with E-state index in [9.17, 15) is 40.2 Å². The third-order valence-corrected chi connectivity index (χ3v) is 8.83. The number of carbonyl (C=O) groups excluding carboxylic acids is 2. The molecule has 2 rings (SSSR count). The summed E-state index contributed by atoms with van der Waals surface area (Å²) >= 11 is 0. The van der Waals surface area contributed by atoms with Crippen LogP contribution >= 0.6 is 0 Å². The lowest BCUT2D eigenvalue weighted by molar-refractivity contribution is -0.295. The topological polar surface area (TPSA) is 183 Å². The van der Waals surface area contributed by atoms with E-state index in [4.69, 9.17) is 14.2 Å². The molecule has 0 aromatic carbocycles. The molecule has 11 heteroatoms. The molecule has 0 saturated carbocycles. The SMILES string of the molecule is C[C@@H]1[C@H](O)[C@@H](C)C(=O)[C@H](C)C[C@@](C)(O)[C@H](O)[C@@H](C)[C@H](O[C@H]2C[C@@](C)(O)[C@@H](O)[C@H](C)O2)[C@@H](C)C(=O)O[C@@H]1CCO. The molecule has 6 N–H and O–H groups in total. The van der Waals surface area contributed by atoms with E-state index in [0.29, 0.717) is 0 Å². The highest BCUT2D eigenvalue weighted by molar-refractivity contribution is 5.83. The Labute approximate surface area is 231 Å². The van der Waals surface area contributed by atoms with Gasteiger partial charge in [0.2, 0.25) is 0 Å². The number of carbonyl (C=O) groups is 2. The quantitative estimate of drug-likeness (QED) is 0.263. The first-order valence-electron chi connectivity index (χ1n) is 14.0. The highest BCUT2D eigenvalue weighted by Crippen LogP contribution is 2.37. The van der Waals surface area contributed by atoms with E-state index in [0.717, 1.165) is 0 Å². The molecule has 0 bridgehead atoms. The van der Waals surface area contributed by atoms with Gasteiger partial charge in [-0.05, 0) is 34.1 Å². The number of aliphatic hydroxyl groups excluding tert-OH is 4. The average Bonchev–Trinajstić information content (AvgIpc) is 2.85. The Morgan fingerprint density at radius 3 is 1.97 bits per heavy atom. The van der Waals surface area contributed by atoms with Gasteiger partial charge in [-0.25, -0.2) is 0 Å². The Morgan fingerprint density at radius 2 is 1.44 bits per heavy atom. The second kappa shape index (κ2) is 13.2. The second-order valence-corrected chi connectivity index (χ2v) is 12.5. The van der Waals surface area contributed by atoms with Crippen LogP contribution in [-0.4, -0.2) is 103 Å². The van der Waals surface area contributed by atoms with E-state index < -0.39 is 89.7 Å². The Hall–Kier alpha value is -1.18. The van der Waals surface area contributed by atoms with Gasteiger partial charge < -0.3 is 44.8 Å². The van der Waals surface area contributed by atoms with Crippen LogP contribution in [0.3, 0.4) is 0 Å². The number of ether oxygens (including phenoxy) is 3. The first kappa shape index (κ1) is 34.0. The summed E-state index contributed by atoms with van der Waals surface area (Å²) in [5.74, 6) is -5.17. The number of aliphatic hydroxyl groups is 6. The monoisotopic (exact) mass is 562 g/mol. The molecule has 2 saturated heterocycles. The zero-order valence-electron chi connectivity index (χ0n) is 24.5. The standard InChI is InChI=1S/C28H50O11/c1-13-11-27(7,35)24(32)16(4)23(39-20-12-28(8,36)25(33)18(6)37-20)17(5)26(34)38-19(9-10-29)14(2)22(31)15(3)21(13)30/h13-20,22-25,29,31-33,35-36H,9-12H2,1-8H3/t13-,14+,15+,16+,17-,18+,19-,20+,22+,23+,24-,25+,27-,28-/m1/s1. The molecule has 39 heavy (non-hydrogen) atoms. The van der Waals surface area contributed by atoms with Gasteiger partial charge >= 0.3 is 5.97 Å². The third-order valence-electron chi connectivity index (χ3n) is 8.83. The molecule has 0 spiro atoms. The molecule has 2 heterocycles. The van der Waals surface area contributed by atoms with Gasteiger partial charge in [-0.1, -0.05) is 27.7 Å². The van der Waals surface area contributed by atoms with Crippen LogP contribution in [0.5, 0.6) is 0 Å². The van der Waals surface area contributed by atoms with Crippen molar-refractivity contribution in [2.75, 3.05) is 6.61 Å². The van der Waals surface area contributed by atoms with Gasteiger partial charge in [0, 0.05) is 43.1 Å². The molecule has 228 valence electrons. The van der Waals surface area contributed by atoms with Crippen molar-refractivity contribution < 1.29 is 54.4 Å². The van der Waals surface area contributed by atoms with Crippen molar-refractivity contribution in [3.05, 3.63) is 0 Å². The molecule has 11 nitrogen and oxygen atoms in total. The van der Waals surface area contributed by atoms with Crippen LogP contribution in [0.25, 0.3) is 0 Å². The largest absolute Gasteiger partial charge is 0.462 e. The summed E-state index contributed by atoms with van der Waals surface area (Å²) in [7, 11) is 0. The van der Waals surface area contributed by atoms with Crippen LogP contribution in [0.15, 0.2) is 0 Å². The molecule has 2 fully saturated rings. The lowest BCUT2D eigenvalue weighted by Crippen LogP contribution is -2.57. The predicted molar refractivity (Wildman–Crippen MR) is 140 cm³/mol. The van der Waals surface area contributed by atoms with Crippen molar-refractivity contribution in [3.63, 3.8) is 0 Å². The number of Topliss-reactive ketones (excluding diaryl/α,β-unsaturated/α-hetero) is 1. The zero-order chi connectivity index (χ0) is 30.0. The van der Waals surface area contributed by atoms with Gasteiger partial charge in [-0.3, -0.25) is 9.59 Å². The van der Waals surface area contributed by atoms with Crippen molar-refractivity contribution in [1.29, 1.82) is 0 Å². The van der Waals surface area contributed by atoms with E-state index >= 15 is 0 Å². The van der Waals surface area contributed by atoms with E-state index in [-0.39, 0.29) is 31.7 Å². The smallest absolute Gasteiger partial charge is 0.311 e. The molecular weight excluding hydrogens is 512 g/mol. The maximum absolute atomic E-state index is 13.4. The number of rotatable bonds is 4. The normalized spacial score (nSPS) is 49.3. The van der Waals surface area contributed by atoms with Crippen LogP contribution in [-0.2, 0) is 23.8 Å². The van der Waals surface area contributed by atoms with E-state index in [2.05, 4.69) is 0 Å². The van der Waals surface area contributed by atoms with Crippen molar-refractivity contribution in [2.45, 2.75) is 129 Å². The average molecular weight is 563 g/mol. The van der Waals surface area contributed by atoms with Gasteiger partial charge in [0.15, 0.2) is 6.29 Å². The first-order chi connectivity index (χ1) is 17.8. The van der Waals surface area contributed by atoms with Crippen LogP contribution < -0.4 is 0 Å². The predicted octanol–water partition coefficient (Wildman–Crippen LogP) is 0.539. The van der Waals surface area contributed by atoms with Gasteiger partial charge in [-0.15, -0.1) is 0 Å². The summed E-state index contributed by atoms with van der Waals surface area (Å²) in [6.07, 6.45) is -7.80. The minimum Gasteiger partial charge on any atom is -0.462 e. The lowest BCUT2D eigenvalue weighted by Gasteiger charge is -2.45. The number of ketones is 1. The number of cyclic esters (lactones) is 1. The Bertz CT molecular complexity index is 830. The summed E-state index contributed by atoms with van der Waals surface area (Å²) in [5, 5.41) is 64.2. The lowest BCUT2D eigenvalue weighted by atomic mass is 9.75. The second-order valence-electron chi connectivity index (χ2n) is 12.5. The van der Waals surface area contributed by atoms with Crippen LogP contribution in [0.4, 0.5) is 0 Å². The maximum Gasteiger partial charge on any atom is 0.311 e. The summed E-state index contributed by atoms with van der Waals surface area (Å²) in [5.41, 5.74) is -3.30. The molecule has 2 aliphatic heterocycles. The third kappa shape index (κ3) is 7.77. The molecule has 0 aliphatic carbocycles. The summed E-state index contributed by atoms with van der Waals surface area (Å²) in [4.78, 5) is 26.6. The van der Waals surface area contributed by atoms with Crippen molar-refractivity contribution >= 4 is 11.8 Å². The van der Waals surface area contributed by atoms with Crippen molar-refractivity contribution in [3.8, 4) is 0 Å². The van der Waals surface area contributed by atoms with Crippen LogP contribution in [0.1, 0.15) is 74.7 Å². The highest BCUT2D eigenvalue weighted by atomic mass is 16.7. The molecule has 0 amide bonds. The summed E-state index contributed by atoms with van der Waals surface area (Å²) < 4.78 is 17.7. The summed E-state index contributed by atoms with van der Waals surface area (Å²) in [6, 6.07) is 0. The molecule has 2 aliphatic rings. The Kier molecular flexibility index (Phi) is 11.5. The van der Waals surface area contributed by atoms with Crippen LogP contribution in [0.2, 0.25) is 0 Å². The van der Waals surface area contributed by atoms with Crippen molar-refractivity contribution in [1.82, 2.24) is 0 Å². The minimum absolute atomic E-state index is 0.0373.